The molecular formula is C18H22O2. The average molecular weight is 270 g/mol. The van der Waals surface area contributed by atoms with Crippen LogP contribution in [0.15, 0.2) is 42.5 Å². The van der Waals surface area contributed by atoms with Crippen molar-refractivity contribution in [2.75, 3.05) is 0 Å². The molecule has 2 nitrogen and oxygen atoms in total. The molecule has 0 amide bonds. The van der Waals surface area contributed by atoms with E-state index in [9.17, 15) is 4.79 Å². The Morgan fingerprint density at radius 3 is 2.40 bits per heavy atom. The van der Waals surface area contributed by atoms with Gasteiger partial charge in [-0.3, -0.25) is 4.79 Å². The lowest BCUT2D eigenvalue weighted by atomic mass is 9.99. The number of carbonyl (C=O) groups is 1. The highest BCUT2D eigenvalue weighted by molar-refractivity contribution is 5.89. The smallest absolute Gasteiger partial charge is 0.310 e. The Morgan fingerprint density at radius 2 is 1.70 bits per heavy atom. The lowest BCUT2D eigenvalue weighted by Gasteiger charge is -2.27. The highest BCUT2D eigenvalue weighted by Gasteiger charge is 2.24. The maximum Gasteiger partial charge on any atom is 0.310 e. The van der Waals surface area contributed by atoms with Crippen molar-refractivity contribution in [2.45, 2.75) is 45.6 Å². The van der Waals surface area contributed by atoms with Gasteiger partial charge in [-0.15, -0.1) is 0 Å². The van der Waals surface area contributed by atoms with Crippen molar-refractivity contribution in [3.05, 3.63) is 48.0 Å². The van der Waals surface area contributed by atoms with Crippen molar-refractivity contribution >= 4 is 16.7 Å². The van der Waals surface area contributed by atoms with Crippen LogP contribution in [0, 0.1) is 0 Å². The van der Waals surface area contributed by atoms with Crippen LogP contribution in [0.4, 0.5) is 0 Å². The van der Waals surface area contributed by atoms with Crippen LogP contribution in [-0.2, 0) is 16.0 Å². The first-order valence-electron chi connectivity index (χ1n) is 7.26. The molecule has 2 aromatic rings. The fourth-order valence-corrected chi connectivity index (χ4v) is 2.31. The van der Waals surface area contributed by atoms with Crippen LogP contribution >= 0.6 is 0 Å². The molecule has 0 saturated carbocycles. The molecule has 0 radical (unpaired) electrons. The minimum Gasteiger partial charge on any atom is -0.459 e. The van der Waals surface area contributed by atoms with Gasteiger partial charge in [0.15, 0.2) is 0 Å². The third kappa shape index (κ3) is 3.19. The predicted molar refractivity (Wildman–Crippen MR) is 82.7 cm³/mol. The summed E-state index contributed by atoms with van der Waals surface area (Å²) in [6.45, 7) is 6.09. The van der Waals surface area contributed by atoms with Gasteiger partial charge >= 0.3 is 5.97 Å². The van der Waals surface area contributed by atoms with Gasteiger partial charge in [0.05, 0.1) is 6.42 Å². The largest absolute Gasteiger partial charge is 0.459 e. The molecule has 0 saturated heterocycles. The molecule has 0 heterocycles. The SMILES string of the molecule is CCC(C)(CC)OC(=O)Cc1cccc2ccccc12. The predicted octanol–water partition coefficient (Wildman–Crippen LogP) is 4.50. The second-order valence-corrected chi connectivity index (χ2v) is 5.45. The van der Waals surface area contributed by atoms with Crippen LogP contribution in [-0.4, -0.2) is 11.6 Å². The van der Waals surface area contributed by atoms with E-state index in [1.807, 2.05) is 31.2 Å². The van der Waals surface area contributed by atoms with E-state index in [0.29, 0.717) is 6.42 Å². The quantitative estimate of drug-likeness (QED) is 0.747. The monoisotopic (exact) mass is 270 g/mol. The summed E-state index contributed by atoms with van der Waals surface area (Å²) in [4.78, 5) is 12.2. The van der Waals surface area contributed by atoms with Gasteiger partial charge in [0, 0.05) is 0 Å². The number of hydrogen-bond donors (Lipinski definition) is 0. The summed E-state index contributed by atoms with van der Waals surface area (Å²) in [5.74, 6) is -0.146. The Morgan fingerprint density at radius 1 is 1.05 bits per heavy atom. The highest BCUT2D eigenvalue weighted by atomic mass is 16.6. The van der Waals surface area contributed by atoms with Gasteiger partial charge < -0.3 is 4.74 Å². The molecule has 0 aliphatic carbocycles. The van der Waals surface area contributed by atoms with E-state index in [-0.39, 0.29) is 11.6 Å². The molecular weight excluding hydrogens is 248 g/mol. The van der Waals surface area contributed by atoms with Crippen LogP contribution in [0.25, 0.3) is 10.8 Å². The van der Waals surface area contributed by atoms with E-state index in [1.54, 1.807) is 0 Å². The first kappa shape index (κ1) is 14.6. The molecule has 106 valence electrons. The number of rotatable bonds is 5. The summed E-state index contributed by atoms with van der Waals surface area (Å²) in [6.07, 6.45) is 2.01. The van der Waals surface area contributed by atoms with Gasteiger partial charge in [-0.05, 0) is 36.1 Å². The first-order valence-corrected chi connectivity index (χ1v) is 7.26. The van der Waals surface area contributed by atoms with Gasteiger partial charge in [-0.25, -0.2) is 0 Å². The van der Waals surface area contributed by atoms with Gasteiger partial charge in [0.2, 0.25) is 0 Å². The Bertz CT molecular complexity index is 592. The summed E-state index contributed by atoms with van der Waals surface area (Å²) in [6, 6.07) is 14.2. The molecule has 0 unspecified atom stereocenters. The number of benzene rings is 2. The zero-order valence-corrected chi connectivity index (χ0v) is 12.5. The summed E-state index contributed by atoms with van der Waals surface area (Å²) in [5, 5.41) is 2.29. The standard InChI is InChI=1S/C18H22O2/c1-4-18(3,5-2)20-17(19)13-15-11-8-10-14-9-6-7-12-16(14)15/h6-12H,4-5,13H2,1-3H3. The molecule has 0 bridgehead atoms. The molecule has 0 aromatic heterocycles. The zero-order valence-electron chi connectivity index (χ0n) is 12.5. The number of ether oxygens (including phenoxy) is 1. The summed E-state index contributed by atoms with van der Waals surface area (Å²) in [7, 11) is 0. The minimum atomic E-state index is -0.346. The number of fused-ring (bicyclic) bond motifs is 1. The Hall–Kier alpha value is -1.83. The van der Waals surface area contributed by atoms with Crippen molar-refractivity contribution in [1.82, 2.24) is 0 Å². The second-order valence-electron chi connectivity index (χ2n) is 5.45. The number of carbonyl (C=O) groups excluding carboxylic acids is 1. The molecule has 0 fully saturated rings. The van der Waals surface area contributed by atoms with E-state index >= 15 is 0 Å². The average Bonchev–Trinajstić information content (AvgIpc) is 2.47. The summed E-state index contributed by atoms with van der Waals surface area (Å²) < 4.78 is 5.65. The van der Waals surface area contributed by atoms with Crippen LogP contribution in [0.1, 0.15) is 39.2 Å². The topological polar surface area (TPSA) is 26.3 Å². The van der Waals surface area contributed by atoms with Crippen molar-refractivity contribution in [2.24, 2.45) is 0 Å². The van der Waals surface area contributed by atoms with Crippen molar-refractivity contribution in [1.29, 1.82) is 0 Å². The fourth-order valence-electron chi connectivity index (χ4n) is 2.31. The van der Waals surface area contributed by atoms with Crippen LogP contribution in [0.5, 0.6) is 0 Å². The number of hydrogen-bond acceptors (Lipinski definition) is 2. The van der Waals surface area contributed by atoms with Crippen molar-refractivity contribution in [3.63, 3.8) is 0 Å². The molecule has 0 atom stereocenters. The molecule has 2 heteroatoms. The third-order valence-electron chi connectivity index (χ3n) is 4.07. The van der Waals surface area contributed by atoms with Gasteiger partial charge in [-0.2, -0.15) is 0 Å². The normalized spacial score (nSPS) is 11.6. The zero-order chi connectivity index (χ0) is 14.6. The summed E-state index contributed by atoms with van der Waals surface area (Å²) in [5.41, 5.74) is 0.685. The molecule has 0 N–H and O–H groups in total. The van der Waals surface area contributed by atoms with E-state index in [1.165, 1.54) is 0 Å². The lowest BCUT2D eigenvalue weighted by molar-refractivity contribution is -0.157. The van der Waals surface area contributed by atoms with Gasteiger partial charge in [0.1, 0.15) is 5.60 Å². The maximum atomic E-state index is 12.2. The second kappa shape index (κ2) is 6.08. The van der Waals surface area contributed by atoms with Crippen molar-refractivity contribution < 1.29 is 9.53 Å². The van der Waals surface area contributed by atoms with Gasteiger partial charge in [0.25, 0.3) is 0 Å². The highest BCUT2D eigenvalue weighted by Crippen LogP contribution is 2.23. The van der Waals surface area contributed by atoms with E-state index in [2.05, 4.69) is 32.0 Å². The Labute approximate surface area is 120 Å². The van der Waals surface area contributed by atoms with Crippen LogP contribution in [0.3, 0.4) is 0 Å². The maximum absolute atomic E-state index is 12.2. The molecule has 0 aliphatic heterocycles. The Kier molecular flexibility index (Phi) is 4.43. The van der Waals surface area contributed by atoms with E-state index in [4.69, 9.17) is 4.74 Å². The van der Waals surface area contributed by atoms with Gasteiger partial charge in [-0.1, -0.05) is 56.3 Å². The van der Waals surface area contributed by atoms with E-state index in [0.717, 1.165) is 29.2 Å². The molecule has 0 aliphatic rings. The molecule has 20 heavy (non-hydrogen) atoms. The van der Waals surface area contributed by atoms with Crippen molar-refractivity contribution in [3.8, 4) is 0 Å². The van der Waals surface area contributed by atoms with Crippen LogP contribution < -0.4 is 0 Å². The lowest BCUT2D eigenvalue weighted by Crippen LogP contribution is -2.30. The molecule has 0 spiro atoms. The molecule has 2 aromatic carbocycles. The van der Waals surface area contributed by atoms with E-state index < -0.39 is 0 Å². The molecule has 2 rings (SSSR count). The third-order valence-corrected chi connectivity index (χ3v) is 4.07. The summed E-state index contributed by atoms with van der Waals surface area (Å²) >= 11 is 0. The first-order chi connectivity index (χ1) is 9.58. The van der Waals surface area contributed by atoms with Crippen LogP contribution in [0.2, 0.25) is 0 Å². The Balaban J connectivity index is 2.18. The fraction of sp³-hybridized carbons (Fsp3) is 0.389. The minimum absolute atomic E-state index is 0.146. The number of esters is 1.